The van der Waals surface area contributed by atoms with Gasteiger partial charge in [-0.1, -0.05) is 33.6 Å². The second-order valence-corrected chi connectivity index (χ2v) is 6.26. The number of rotatable bonds is 10. The third-order valence-corrected chi connectivity index (χ3v) is 3.51. The Kier molecular flexibility index (Phi) is 7.93. The highest BCUT2D eigenvalue weighted by molar-refractivity contribution is 5.20. The molecule has 1 N–H and O–H groups in total. The minimum Gasteiger partial charge on any atom is -0.465 e. The topological polar surface area (TPSA) is 28.4 Å². The van der Waals surface area contributed by atoms with Gasteiger partial charge < -0.3 is 9.73 Å². The number of nitrogens with zero attached hydrogens (tertiary/aromatic N) is 1. The molecule has 3 nitrogen and oxygen atoms in total. The van der Waals surface area contributed by atoms with Gasteiger partial charge in [0.15, 0.2) is 0 Å². The van der Waals surface area contributed by atoms with Crippen LogP contribution in [0.2, 0.25) is 0 Å². The van der Waals surface area contributed by atoms with Crippen molar-refractivity contribution in [1.82, 2.24) is 10.2 Å². The largest absolute Gasteiger partial charge is 0.465 e. The quantitative estimate of drug-likeness (QED) is 0.658. The van der Waals surface area contributed by atoms with Gasteiger partial charge in [-0.05, 0) is 45.5 Å². The van der Waals surface area contributed by atoms with Gasteiger partial charge in [0.25, 0.3) is 0 Å². The number of unbranched alkanes of at least 4 members (excludes halogenated alkanes) is 2. The molecule has 0 saturated heterocycles. The molecule has 1 heterocycles. The van der Waals surface area contributed by atoms with Gasteiger partial charge in [0, 0.05) is 12.1 Å². The normalized spacial score (nSPS) is 11.8. The molecule has 1 aromatic rings. The highest BCUT2D eigenvalue weighted by Crippen LogP contribution is 2.16. The van der Waals surface area contributed by atoms with Gasteiger partial charge in [-0.3, -0.25) is 4.90 Å². The number of aryl methyl sites for hydroxylation is 1. The number of furan rings is 1. The fourth-order valence-electron chi connectivity index (χ4n) is 2.31. The Morgan fingerprint density at radius 2 is 2.05 bits per heavy atom. The van der Waals surface area contributed by atoms with Crippen molar-refractivity contribution in [2.45, 2.75) is 60.0 Å². The SMILES string of the molecule is CCCCCN(C)Cc1cc(CNCC(C)C)c(C)o1. The first kappa shape index (κ1) is 17.3. The third kappa shape index (κ3) is 6.58. The lowest BCUT2D eigenvalue weighted by atomic mass is 10.2. The Balaban J connectivity index is 2.39. The Hall–Kier alpha value is -0.800. The maximum Gasteiger partial charge on any atom is 0.118 e. The van der Waals surface area contributed by atoms with Crippen LogP contribution in [0, 0.1) is 12.8 Å². The fraction of sp³-hybridized carbons (Fsp3) is 0.765. The van der Waals surface area contributed by atoms with Gasteiger partial charge in [-0.25, -0.2) is 0 Å². The molecule has 0 aliphatic carbocycles. The number of nitrogens with one attached hydrogen (secondary N) is 1. The fourth-order valence-corrected chi connectivity index (χ4v) is 2.31. The summed E-state index contributed by atoms with van der Waals surface area (Å²) in [5.41, 5.74) is 1.29. The van der Waals surface area contributed by atoms with Gasteiger partial charge in [-0.15, -0.1) is 0 Å². The molecule has 0 aliphatic rings. The molecule has 1 aromatic heterocycles. The van der Waals surface area contributed by atoms with Gasteiger partial charge >= 0.3 is 0 Å². The van der Waals surface area contributed by atoms with Crippen molar-refractivity contribution in [1.29, 1.82) is 0 Å². The summed E-state index contributed by atoms with van der Waals surface area (Å²) in [5.74, 6) is 2.83. The Labute approximate surface area is 124 Å². The van der Waals surface area contributed by atoms with Crippen molar-refractivity contribution < 1.29 is 4.42 Å². The van der Waals surface area contributed by atoms with Crippen LogP contribution in [0.15, 0.2) is 10.5 Å². The minimum absolute atomic E-state index is 0.686. The van der Waals surface area contributed by atoms with Crippen molar-refractivity contribution >= 4 is 0 Å². The monoisotopic (exact) mass is 280 g/mol. The van der Waals surface area contributed by atoms with E-state index in [0.717, 1.165) is 37.7 Å². The maximum absolute atomic E-state index is 5.87. The Morgan fingerprint density at radius 3 is 2.70 bits per heavy atom. The highest BCUT2D eigenvalue weighted by atomic mass is 16.3. The second-order valence-electron chi connectivity index (χ2n) is 6.26. The van der Waals surface area contributed by atoms with E-state index >= 15 is 0 Å². The summed E-state index contributed by atoms with van der Waals surface area (Å²) in [6.07, 6.45) is 3.86. The van der Waals surface area contributed by atoms with Gasteiger partial charge in [0.1, 0.15) is 11.5 Å². The summed E-state index contributed by atoms with van der Waals surface area (Å²) in [5, 5.41) is 3.48. The average molecular weight is 280 g/mol. The van der Waals surface area contributed by atoms with Crippen molar-refractivity contribution in [2.24, 2.45) is 5.92 Å². The predicted molar refractivity (Wildman–Crippen MR) is 85.8 cm³/mol. The maximum atomic E-state index is 5.87. The average Bonchev–Trinajstić information content (AvgIpc) is 2.69. The predicted octanol–water partition coefficient (Wildman–Crippen LogP) is 3.96. The van der Waals surface area contributed by atoms with E-state index in [1.54, 1.807) is 0 Å². The van der Waals surface area contributed by atoms with Crippen molar-refractivity contribution in [3.63, 3.8) is 0 Å². The van der Waals surface area contributed by atoms with E-state index in [9.17, 15) is 0 Å². The molecule has 0 fully saturated rings. The van der Waals surface area contributed by atoms with Gasteiger partial charge in [0.05, 0.1) is 6.54 Å². The zero-order valence-electron chi connectivity index (χ0n) is 14.0. The summed E-state index contributed by atoms with van der Waals surface area (Å²) >= 11 is 0. The van der Waals surface area contributed by atoms with Crippen LogP contribution in [0.1, 0.15) is 57.1 Å². The van der Waals surface area contributed by atoms with Crippen molar-refractivity contribution in [2.75, 3.05) is 20.1 Å². The lowest BCUT2D eigenvalue weighted by Gasteiger charge is -2.14. The standard InChI is InChI=1S/C17H32N2O/c1-6-7-8-9-19(5)13-17-10-16(15(4)20-17)12-18-11-14(2)3/h10,14,18H,6-9,11-13H2,1-5H3. The molecule has 0 radical (unpaired) electrons. The Bertz CT molecular complexity index is 371. The van der Waals surface area contributed by atoms with E-state index in [0.29, 0.717) is 5.92 Å². The molecular weight excluding hydrogens is 248 g/mol. The van der Waals surface area contributed by atoms with Crippen LogP contribution in [0.25, 0.3) is 0 Å². The molecule has 3 heteroatoms. The summed E-state index contributed by atoms with van der Waals surface area (Å²) in [6, 6.07) is 2.21. The van der Waals surface area contributed by atoms with Crippen LogP contribution in [0.5, 0.6) is 0 Å². The molecule has 0 saturated carbocycles. The van der Waals surface area contributed by atoms with Crippen LogP contribution >= 0.6 is 0 Å². The first-order valence-electron chi connectivity index (χ1n) is 8.00. The van der Waals surface area contributed by atoms with E-state index in [-0.39, 0.29) is 0 Å². The van der Waals surface area contributed by atoms with Crippen LogP contribution in [-0.2, 0) is 13.1 Å². The first-order chi connectivity index (χ1) is 9.52. The summed E-state index contributed by atoms with van der Waals surface area (Å²) in [6.45, 7) is 12.8. The van der Waals surface area contributed by atoms with Crippen LogP contribution in [0.4, 0.5) is 0 Å². The smallest absolute Gasteiger partial charge is 0.118 e. The summed E-state index contributed by atoms with van der Waals surface area (Å²) in [4.78, 5) is 2.35. The molecule has 0 aliphatic heterocycles. The minimum atomic E-state index is 0.686. The summed E-state index contributed by atoms with van der Waals surface area (Å²) < 4.78 is 5.87. The zero-order chi connectivity index (χ0) is 15.0. The zero-order valence-corrected chi connectivity index (χ0v) is 14.0. The molecule has 0 aromatic carbocycles. The molecular formula is C17H32N2O. The molecule has 0 spiro atoms. The van der Waals surface area contributed by atoms with E-state index in [1.165, 1.54) is 24.8 Å². The third-order valence-electron chi connectivity index (χ3n) is 3.51. The summed E-state index contributed by atoms with van der Waals surface area (Å²) in [7, 11) is 2.17. The first-order valence-corrected chi connectivity index (χ1v) is 8.00. The van der Waals surface area contributed by atoms with Crippen molar-refractivity contribution in [3.05, 3.63) is 23.2 Å². The number of hydrogen-bond acceptors (Lipinski definition) is 3. The van der Waals surface area contributed by atoms with Crippen LogP contribution in [0.3, 0.4) is 0 Å². The molecule has 20 heavy (non-hydrogen) atoms. The molecule has 1 rings (SSSR count). The molecule has 116 valence electrons. The van der Waals surface area contributed by atoms with Crippen molar-refractivity contribution in [3.8, 4) is 0 Å². The van der Waals surface area contributed by atoms with Crippen LogP contribution < -0.4 is 5.32 Å². The van der Waals surface area contributed by atoms with E-state index < -0.39 is 0 Å². The molecule has 0 bridgehead atoms. The van der Waals surface area contributed by atoms with E-state index in [2.05, 4.69) is 51.0 Å². The van der Waals surface area contributed by atoms with E-state index in [4.69, 9.17) is 4.42 Å². The lowest BCUT2D eigenvalue weighted by Crippen LogP contribution is -2.19. The lowest BCUT2D eigenvalue weighted by molar-refractivity contribution is 0.286. The van der Waals surface area contributed by atoms with Gasteiger partial charge in [-0.2, -0.15) is 0 Å². The van der Waals surface area contributed by atoms with Gasteiger partial charge in [0.2, 0.25) is 0 Å². The molecule has 0 atom stereocenters. The number of hydrogen-bond donors (Lipinski definition) is 1. The second kappa shape index (κ2) is 9.19. The van der Waals surface area contributed by atoms with Crippen LogP contribution in [-0.4, -0.2) is 25.0 Å². The molecule has 0 amide bonds. The van der Waals surface area contributed by atoms with E-state index in [1.807, 2.05) is 0 Å². The Morgan fingerprint density at radius 1 is 1.30 bits per heavy atom. The highest BCUT2D eigenvalue weighted by Gasteiger charge is 2.09. The molecule has 0 unspecified atom stereocenters.